The van der Waals surface area contributed by atoms with Crippen molar-refractivity contribution in [1.29, 1.82) is 0 Å². The molecule has 72 valence electrons. The van der Waals surface area contributed by atoms with Gasteiger partial charge in [-0.1, -0.05) is 34.7 Å². The minimum absolute atomic E-state index is 0.140. The molecule has 0 aliphatic heterocycles. The molecule has 0 aromatic rings. The van der Waals surface area contributed by atoms with Crippen LogP contribution in [0, 0.1) is 0 Å². The molecule has 0 aromatic heterocycles. The Hall–Kier alpha value is 0.260. The molecule has 0 N–H and O–H groups in total. The maximum atomic E-state index is 12.2. The fourth-order valence-electron chi connectivity index (χ4n) is 0.663. The van der Waals surface area contributed by atoms with E-state index in [0.29, 0.717) is 6.42 Å². The van der Waals surface area contributed by atoms with Crippen molar-refractivity contribution < 1.29 is 13.2 Å². The summed E-state index contributed by atoms with van der Waals surface area (Å²) in [6.07, 6.45) is 0.0394. The van der Waals surface area contributed by atoms with E-state index >= 15 is 0 Å². The average Bonchev–Trinajstić information content (AvgIpc) is 1.85. The molecule has 0 unspecified atom stereocenters. The van der Waals surface area contributed by atoms with E-state index in [1.54, 1.807) is 19.1 Å². The molecule has 0 radical (unpaired) electrons. The smallest absolute Gasteiger partial charge is 0.170 e. The van der Waals surface area contributed by atoms with Crippen molar-refractivity contribution in [2.24, 2.45) is 0 Å². The molecule has 0 aliphatic rings. The van der Waals surface area contributed by atoms with E-state index in [0.717, 1.165) is 0 Å². The van der Waals surface area contributed by atoms with Crippen molar-refractivity contribution in [3.8, 4) is 0 Å². The fraction of sp³-hybridized carbons (Fsp3) is 0.750. The van der Waals surface area contributed by atoms with E-state index in [1.807, 2.05) is 0 Å². The molecule has 0 spiro atoms. The molecule has 0 aliphatic carbocycles. The normalized spacial score (nSPS) is 18.2. The summed E-state index contributed by atoms with van der Waals surface area (Å²) in [5, 5.41) is 0. The first kappa shape index (κ1) is 12.3. The first-order valence-electron chi connectivity index (χ1n) is 3.68. The van der Waals surface area contributed by atoms with Gasteiger partial charge in [-0.25, -0.2) is 0 Å². The van der Waals surface area contributed by atoms with E-state index in [1.165, 1.54) is 29.5 Å². The summed E-state index contributed by atoms with van der Waals surface area (Å²) in [6.45, 7) is 3.02. The number of hydrogen-bond donors (Lipinski definition) is 0. The lowest BCUT2D eigenvalue weighted by Crippen LogP contribution is -2.35. The molecule has 0 heterocycles. The first-order chi connectivity index (χ1) is 5.31. The van der Waals surface area contributed by atoms with Crippen LogP contribution in [0.2, 0.25) is 0 Å². The van der Waals surface area contributed by atoms with Crippen LogP contribution in [0.1, 0.15) is 26.7 Å². The van der Waals surface area contributed by atoms with Crippen LogP contribution in [0.15, 0.2) is 12.2 Å². The third-order valence-corrected chi connectivity index (χ3v) is 2.76. The summed E-state index contributed by atoms with van der Waals surface area (Å²) >= 11 is 1.46. The standard InChI is InChI=1S/C8H12F3I/c1-3-4-5-6-7(2,12)8(9,10)11/h3-4H,5-6H2,1-2H3/b4-3+/t7-/m1/s1. The molecule has 1 atom stereocenters. The SMILES string of the molecule is C/C=C/CC[C@@](C)(I)C(F)(F)F. The van der Waals surface area contributed by atoms with Crippen molar-refractivity contribution in [1.82, 2.24) is 0 Å². The average molecular weight is 292 g/mol. The lowest BCUT2D eigenvalue weighted by Gasteiger charge is -2.24. The van der Waals surface area contributed by atoms with Crippen LogP contribution in [-0.4, -0.2) is 9.60 Å². The fourth-order valence-corrected chi connectivity index (χ4v) is 0.974. The van der Waals surface area contributed by atoms with Crippen LogP contribution in [0.4, 0.5) is 13.2 Å². The highest BCUT2D eigenvalue weighted by molar-refractivity contribution is 14.1. The van der Waals surface area contributed by atoms with Crippen LogP contribution in [0.5, 0.6) is 0 Å². The Balaban J connectivity index is 4.05. The van der Waals surface area contributed by atoms with Crippen LogP contribution < -0.4 is 0 Å². The van der Waals surface area contributed by atoms with E-state index in [2.05, 4.69) is 0 Å². The van der Waals surface area contributed by atoms with Gasteiger partial charge in [0.2, 0.25) is 0 Å². The van der Waals surface area contributed by atoms with Gasteiger partial charge in [-0.15, -0.1) is 0 Å². The maximum absolute atomic E-state index is 12.2. The van der Waals surface area contributed by atoms with E-state index < -0.39 is 9.60 Å². The Morgan fingerprint density at radius 3 is 2.17 bits per heavy atom. The lowest BCUT2D eigenvalue weighted by atomic mass is 10.1. The van der Waals surface area contributed by atoms with Crippen LogP contribution >= 0.6 is 22.6 Å². The molecule has 0 aromatic carbocycles. The van der Waals surface area contributed by atoms with E-state index in [9.17, 15) is 13.2 Å². The van der Waals surface area contributed by atoms with E-state index in [-0.39, 0.29) is 6.42 Å². The van der Waals surface area contributed by atoms with Crippen molar-refractivity contribution >= 4 is 22.6 Å². The summed E-state index contributed by atoms with van der Waals surface area (Å²) in [7, 11) is 0. The molecule has 0 fully saturated rings. The summed E-state index contributed by atoms with van der Waals surface area (Å²) < 4.78 is 35.1. The highest BCUT2D eigenvalue weighted by atomic mass is 127. The van der Waals surface area contributed by atoms with Crippen molar-refractivity contribution in [2.75, 3.05) is 0 Å². The molecule has 0 bridgehead atoms. The van der Waals surface area contributed by atoms with Gasteiger partial charge in [0, 0.05) is 0 Å². The topological polar surface area (TPSA) is 0 Å². The van der Waals surface area contributed by atoms with Crippen molar-refractivity contribution in [3.63, 3.8) is 0 Å². The van der Waals surface area contributed by atoms with Gasteiger partial charge in [-0.3, -0.25) is 0 Å². The lowest BCUT2D eigenvalue weighted by molar-refractivity contribution is -0.151. The second kappa shape index (κ2) is 4.48. The highest BCUT2D eigenvalue weighted by Gasteiger charge is 2.48. The minimum atomic E-state index is -4.10. The van der Waals surface area contributed by atoms with E-state index in [4.69, 9.17) is 0 Å². The minimum Gasteiger partial charge on any atom is -0.170 e. The van der Waals surface area contributed by atoms with Gasteiger partial charge in [0.25, 0.3) is 0 Å². The summed E-state index contributed by atoms with van der Waals surface area (Å²) in [4.78, 5) is 0. The molecule has 4 heteroatoms. The summed E-state index contributed by atoms with van der Waals surface area (Å²) in [6, 6.07) is 0. The van der Waals surface area contributed by atoms with Gasteiger partial charge in [-0.05, 0) is 26.7 Å². The zero-order chi connectivity index (χ0) is 9.83. The Morgan fingerprint density at radius 2 is 1.83 bits per heavy atom. The number of hydrogen-bond acceptors (Lipinski definition) is 0. The quantitative estimate of drug-likeness (QED) is 0.417. The predicted molar refractivity (Wildman–Crippen MR) is 52.5 cm³/mol. The largest absolute Gasteiger partial charge is 0.402 e. The molecule has 0 amide bonds. The van der Waals surface area contributed by atoms with Gasteiger partial charge in [0.15, 0.2) is 0 Å². The molecular formula is C8H12F3I. The summed E-state index contributed by atoms with van der Waals surface area (Å²) in [5.41, 5.74) is 0. The Bertz CT molecular complexity index is 158. The maximum Gasteiger partial charge on any atom is 0.402 e. The second-order valence-electron chi connectivity index (χ2n) is 2.80. The number of rotatable bonds is 3. The predicted octanol–water partition coefficient (Wildman–Crippen LogP) is 4.10. The third kappa shape index (κ3) is 3.78. The zero-order valence-corrected chi connectivity index (χ0v) is 9.24. The van der Waals surface area contributed by atoms with Crippen LogP contribution in [0.3, 0.4) is 0 Å². The molecular weight excluding hydrogens is 280 g/mol. The summed E-state index contributed by atoms with van der Waals surface area (Å²) in [5.74, 6) is 0. The molecule has 0 saturated heterocycles. The van der Waals surface area contributed by atoms with Crippen LogP contribution in [0.25, 0.3) is 0 Å². The number of allylic oxidation sites excluding steroid dienone is 2. The molecule has 12 heavy (non-hydrogen) atoms. The monoisotopic (exact) mass is 292 g/mol. The van der Waals surface area contributed by atoms with Crippen molar-refractivity contribution in [2.45, 2.75) is 36.3 Å². The van der Waals surface area contributed by atoms with Gasteiger partial charge in [0.1, 0.15) is 3.42 Å². The van der Waals surface area contributed by atoms with Gasteiger partial charge < -0.3 is 0 Å². The Kier molecular flexibility index (Phi) is 4.58. The second-order valence-corrected chi connectivity index (χ2v) is 5.18. The van der Waals surface area contributed by atoms with Crippen molar-refractivity contribution in [3.05, 3.63) is 12.2 Å². The Labute approximate surface area is 84.4 Å². The van der Waals surface area contributed by atoms with Gasteiger partial charge in [0.05, 0.1) is 0 Å². The third-order valence-electron chi connectivity index (χ3n) is 1.61. The Morgan fingerprint density at radius 1 is 1.33 bits per heavy atom. The molecule has 0 saturated carbocycles. The van der Waals surface area contributed by atoms with Gasteiger partial charge in [-0.2, -0.15) is 13.2 Å². The number of alkyl halides is 4. The molecule has 0 nitrogen and oxygen atoms in total. The zero-order valence-electron chi connectivity index (χ0n) is 7.08. The highest BCUT2D eigenvalue weighted by Crippen LogP contribution is 2.41. The number of halogens is 4. The molecule has 0 rings (SSSR count). The first-order valence-corrected chi connectivity index (χ1v) is 4.76. The van der Waals surface area contributed by atoms with Gasteiger partial charge >= 0.3 is 6.18 Å². The van der Waals surface area contributed by atoms with Crippen LogP contribution in [-0.2, 0) is 0 Å².